The number of fused-ring (bicyclic) bond motifs is 1. The van der Waals surface area contributed by atoms with Crippen molar-refractivity contribution < 1.29 is 9.53 Å². The van der Waals surface area contributed by atoms with Crippen LogP contribution >= 0.6 is 11.6 Å². The zero-order valence-electron chi connectivity index (χ0n) is 14.8. The summed E-state index contributed by atoms with van der Waals surface area (Å²) in [6, 6.07) is 12.0. The summed E-state index contributed by atoms with van der Waals surface area (Å²) in [5.74, 6) is -0.372. The Labute approximate surface area is 156 Å². The first-order valence-electron chi connectivity index (χ1n) is 8.20. The number of hydrogen-bond donors (Lipinski definition) is 0. The third-order valence-corrected chi connectivity index (χ3v) is 3.96. The summed E-state index contributed by atoms with van der Waals surface area (Å²) in [6.07, 6.45) is 1.51. The van der Waals surface area contributed by atoms with E-state index in [0.29, 0.717) is 28.0 Å². The van der Waals surface area contributed by atoms with Crippen molar-refractivity contribution in [2.75, 3.05) is 0 Å². The van der Waals surface area contributed by atoms with Crippen LogP contribution in [0.1, 0.15) is 36.7 Å². The van der Waals surface area contributed by atoms with Gasteiger partial charge in [-0.25, -0.2) is 9.78 Å². The average molecular weight is 371 g/mol. The minimum absolute atomic E-state index is 0.159. The Balaban J connectivity index is 1.83. The third kappa shape index (κ3) is 4.11. The Bertz CT molecular complexity index is 1020. The number of carbonyl (C=O) groups excluding carboxylic acids is 1. The SMILES string of the molecule is CC(C)(C)OC(=O)c1ccc(Cn2cnc3ccc(Cl)cc3c2=O)cc1. The van der Waals surface area contributed by atoms with Gasteiger partial charge in [0.05, 0.1) is 29.3 Å². The number of aromatic nitrogens is 2. The van der Waals surface area contributed by atoms with Gasteiger partial charge in [0, 0.05) is 5.02 Å². The monoisotopic (exact) mass is 370 g/mol. The number of rotatable bonds is 3. The van der Waals surface area contributed by atoms with Gasteiger partial charge in [0.2, 0.25) is 0 Å². The molecule has 1 aromatic heterocycles. The molecule has 3 rings (SSSR count). The zero-order valence-corrected chi connectivity index (χ0v) is 15.6. The van der Waals surface area contributed by atoms with E-state index in [1.807, 2.05) is 20.8 Å². The van der Waals surface area contributed by atoms with E-state index in [1.165, 1.54) is 10.9 Å². The molecule has 0 bridgehead atoms. The van der Waals surface area contributed by atoms with E-state index < -0.39 is 5.60 Å². The predicted octanol–water partition coefficient (Wildman–Crippen LogP) is 4.05. The molecule has 5 nitrogen and oxygen atoms in total. The summed E-state index contributed by atoms with van der Waals surface area (Å²) in [7, 11) is 0. The van der Waals surface area contributed by atoms with E-state index in [9.17, 15) is 9.59 Å². The molecule has 6 heteroatoms. The Morgan fingerprint density at radius 3 is 2.50 bits per heavy atom. The fraction of sp³-hybridized carbons (Fsp3) is 0.250. The molecule has 0 saturated carbocycles. The summed E-state index contributed by atoms with van der Waals surface area (Å²) < 4.78 is 6.86. The van der Waals surface area contributed by atoms with E-state index in [-0.39, 0.29) is 11.5 Å². The van der Waals surface area contributed by atoms with Crippen molar-refractivity contribution in [1.29, 1.82) is 0 Å². The highest BCUT2D eigenvalue weighted by Crippen LogP contribution is 2.15. The summed E-state index contributed by atoms with van der Waals surface area (Å²) in [4.78, 5) is 29.0. The van der Waals surface area contributed by atoms with Crippen LogP contribution in [0.5, 0.6) is 0 Å². The number of nitrogens with zero attached hydrogens (tertiary/aromatic N) is 2. The van der Waals surface area contributed by atoms with Crippen LogP contribution in [0.15, 0.2) is 53.6 Å². The third-order valence-electron chi connectivity index (χ3n) is 3.73. The average Bonchev–Trinajstić information content (AvgIpc) is 2.57. The van der Waals surface area contributed by atoms with Crippen molar-refractivity contribution in [2.45, 2.75) is 32.9 Å². The topological polar surface area (TPSA) is 61.2 Å². The largest absolute Gasteiger partial charge is 0.456 e. The lowest BCUT2D eigenvalue weighted by atomic mass is 10.1. The van der Waals surface area contributed by atoms with Crippen molar-refractivity contribution in [2.24, 2.45) is 0 Å². The van der Waals surface area contributed by atoms with Crippen LogP contribution < -0.4 is 5.56 Å². The lowest BCUT2D eigenvalue weighted by Crippen LogP contribution is -2.24. The smallest absolute Gasteiger partial charge is 0.338 e. The first-order valence-corrected chi connectivity index (χ1v) is 8.58. The van der Waals surface area contributed by atoms with Crippen molar-refractivity contribution >= 4 is 28.5 Å². The molecule has 0 unspecified atom stereocenters. The second-order valence-corrected chi connectivity index (χ2v) is 7.47. The molecule has 26 heavy (non-hydrogen) atoms. The molecule has 2 aromatic carbocycles. The maximum absolute atomic E-state index is 12.6. The molecule has 0 atom stereocenters. The molecular weight excluding hydrogens is 352 g/mol. The molecule has 0 amide bonds. The zero-order chi connectivity index (χ0) is 18.9. The highest BCUT2D eigenvalue weighted by Gasteiger charge is 2.17. The predicted molar refractivity (Wildman–Crippen MR) is 102 cm³/mol. The second kappa shape index (κ2) is 6.92. The number of carbonyl (C=O) groups is 1. The first kappa shape index (κ1) is 18.1. The highest BCUT2D eigenvalue weighted by molar-refractivity contribution is 6.31. The molecular formula is C20H19ClN2O3. The lowest BCUT2D eigenvalue weighted by Gasteiger charge is -2.19. The Morgan fingerprint density at radius 2 is 1.85 bits per heavy atom. The molecule has 0 aliphatic heterocycles. The van der Waals surface area contributed by atoms with Crippen molar-refractivity contribution in [3.05, 3.63) is 75.3 Å². The highest BCUT2D eigenvalue weighted by atomic mass is 35.5. The normalized spacial score (nSPS) is 11.5. The maximum Gasteiger partial charge on any atom is 0.338 e. The summed E-state index contributed by atoms with van der Waals surface area (Å²) in [5.41, 5.74) is 1.26. The van der Waals surface area contributed by atoms with Crippen LogP contribution in [0.4, 0.5) is 0 Å². The van der Waals surface area contributed by atoms with Crippen molar-refractivity contribution in [3.63, 3.8) is 0 Å². The second-order valence-electron chi connectivity index (χ2n) is 7.04. The standard InChI is InChI=1S/C20H19ClN2O3/c1-20(2,3)26-19(25)14-6-4-13(5-7-14)11-23-12-22-17-9-8-15(21)10-16(17)18(23)24/h4-10,12H,11H2,1-3H3. The summed E-state index contributed by atoms with van der Waals surface area (Å²) in [6.45, 7) is 5.82. The summed E-state index contributed by atoms with van der Waals surface area (Å²) in [5, 5.41) is 0.973. The molecule has 0 spiro atoms. The Morgan fingerprint density at radius 1 is 1.15 bits per heavy atom. The van der Waals surface area contributed by atoms with Gasteiger partial charge in [0.1, 0.15) is 5.60 Å². The molecule has 0 saturated heterocycles. The van der Waals surface area contributed by atoms with E-state index in [1.54, 1.807) is 42.5 Å². The minimum atomic E-state index is -0.541. The molecule has 0 fully saturated rings. The number of hydrogen-bond acceptors (Lipinski definition) is 4. The van der Waals surface area contributed by atoms with E-state index in [4.69, 9.17) is 16.3 Å². The lowest BCUT2D eigenvalue weighted by molar-refractivity contribution is 0.00695. The molecule has 0 radical (unpaired) electrons. The Kier molecular flexibility index (Phi) is 4.83. The minimum Gasteiger partial charge on any atom is -0.456 e. The van der Waals surface area contributed by atoms with Gasteiger partial charge in [0.25, 0.3) is 5.56 Å². The van der Waals surface area contributed by atoms with Crippen LogP contribution in [0, 0.1) is 0 Å². The molecule has 134 valence electrons. The molecule has 0 aliphatic carbocycles. The molecule has 3 aromatic rings. The van der Waals surface area contributed by atoms with Crippen LogP contribution in [0.2, 0.25) is 5.02 Å². The van der Waals surface area contributed by atoms with Crippen LogP contribution in [-0.2, 0) is 11.3 Å². The van der Waals surface area contributed by atoms with Gasteiger partial charge in [-0.05, 0) is 56.7 Å². The van der Waals surface area contributed by atoms with E-state index >= 15 is 0 Å². The first-order chi connectivity index (χ1) is 12.2. The number of ether oxygens (including phenoxy) is 1. The van der Waals surface area contributed by atoms with Gasteiger partial charge in [0.15, 0.2) is 0 Å². The number of benzene rings is 2. The number of halogens is 1. The number of esters is 1. The van der Waals surface area contributed by atoms with Gasteiger partial charge < -0.3 is 4.74 Å². The summed E-state index contributed by atoms with van der Waals surface area (Å²) >= 11 is 5.98. The van der Waals surface area contributed by atoms with Crippen LogP contribution in [-0.4, -0.2) is 21.1 Å². The van der Waals surface area contributed by atoms with E-state index in [0.717, 1.165) is 5.56 Å². The van der Waals surface area contributed by atoms with Crippen LogP contribution in [0.25, 0.3) is 10.9 Å². The van der Waals surface area contributed by atoms with Crippen molar-refractivity contribution in [1.82, 2.24) is 9.55 Å². The van der Waals surface area contributed by atoms with Gasteiger partial charge >= 0.3 is 5.97 Å². The van der Waals surface area contributed by atoms with Gasteiger partial charge in [-0.15, -0.1) is 0 Å². The van der Waals surface area contributed by atoms with Gasteiger partial charge in [-0.3, -0.25) is 9.36 Å². The molecule has 0 aliphatic rings. The molecule has 0 N–H and O–H groups in total. The van der Waals surface area contributed by atoms with Gasteiger partial charge in [-0.1, -0.05) is 23.7 Å². The fourth-order valence-corrected chi connectivity index (χ4v) is 2.70. The quantitative estimate of drug-likeness (QED) is 0.652. The van der Waals surface area contributed by atoms with Gasteiger partial charge in [-0.2, -0.15) is 0 Å². The van der Waals surface area contributed by atoms with Crippen molar-refractivity contribution in [3.8, 4) is 0 Å². The Hall–Kier alpha value is -2.66. The van der Waals surface area contributed by atoms with E-state index in [2.05, 4.69) is 4.98 Å². The fourth-order valence-electron chi connectivity index (χ4n) is 2.52. The van der Waals surface area contributed by atoms with Crippen LogP contribution in [0.3, 0.4) is 0 Å². The molecule has 1 heterocycles. The maximum atomic E-state index is 12.6.